The average Bonchev–Trinajstić information content (AvgIpc) is 3.58. The summed E-state index contributed by atoms with van der Waals surface area (Å²) in [6.07, 6.45) is 0.792. The molecule has 0 bridgehead atoms. The molecule has 39 heavy (non-hydrogen) atoms. The van der Waals surface area contributed by atoms with Crippen molar-refractivity contribution in [2.45, 2.75) is 38.3 Å². The van der Waals surface area contributed by atoms with E-state index in [1.165, 1.54) is 0 Å². The van der Waals surface area contributed by atoms with Gasteiger partial charge in [0.2, 0.25) is 12.7 Å². The highest BCUT2D eigenvalue weighted by Crippen LogP contribution is 2.48. The summed E-state index contributed by atoms with van der Waals surface area (Å²) in [5.41, 5.74) is 2.51. The number of rotatable bonds is 9. The van der Waals surface area contributed by atoms with Gasteiger partial charge in [-0.1, -0.05) is 43.3 Å². The summed E-state index contributed by atoms with van der Waals surface area (Å²) in [6.45, 7) is 4.72. The van der Waals surface area contributed by atoms with Crippen LogP contribution in [0.25, 0.3) is 0 Å². The summed E-state index contributed by atoms with van der Waals surface area (Å²) in [7, 11) is 1.60. The van der Waals surface area contributed by atoms with Crippen LogP contribution in [0.5, 0.6) is 17.2 Å². The second-order valence-corrected chi connectivity index (χ2v) is 10.1. The van der Waals surface area contributed by atoms with Crippen LogP contribution in [0.2, 0.25) is 0 Å². The van der Waals surface area contributed by atoms with Crippen LogP contribution >= 0.6 is 0 Å². The van der Waals surface area contributed by atoms with Gasteiger partial charge in [-0.15, -0.1) is 0 Å². The van der Waals surface area contributed by atoms with E-state index in [0.29, 0.717) is 23.8 Å². The predicted octanol–water partition coefficient (Wildman–Crippen LogP) is 5.10. The first kappa shape index (κ1) is 26.6. The van der Waals surface area contributed by atoms with Gasteiger partial charge in [-0.25, -0.2) is 0 Å². The second-order valence-electron chi connectivity index (χ2n) is 10.1. The number of para-hydroxylation sites is 1. The van der Waals surface area contributed by atoms with Crippen molar-refractivity contribution >= 4 is 17.6 Å². The number of anilines is 1. The lowest BCUT2D eigenvalue weighted by atomic mass is 9.82. The topological polar surface area (TPSA) is 88.5 Å². The lowest BCUT2D eigenvalue weighted by Gasteiger charge is -2.33. The molecule has 204 valence electrons. The molecule has 3 aromatic carbocycles. The SMILES string of the molecule is CCC(C)N(C(=O)CN1C[C@H](c2ccc3c(c2)OCO3)[C@H](C(=O)O)[C@H]1c1ccc(OC)cc1)c1ccccc1. The molecule has 3 aromatic rings. The number of carbonyl (C=O) groups excluding carboxylic acids is 1. The molecular weight excluding hydrogens is 496 g/mol. The standard InChI is InChI=1S/C31H34N2O6/c1-4-20(2)33(23-8-6-5-7-9-23)28(34)18-32-17-25(22-12-15-26-27(16-22)39-19-38-26)29(31(35)36)30(32)21-10-13-24(37-3)14-11-21/h5-16,20,25,29-30H,4,17-19H2,1-3H3,(H,35,36)/t20?,25-,29+,30-/m1/s1. The molecule has 0 radical (unpaired) electrons. The number of carboxylic acid groups (broad SMARTS) is 1. The van der Waals surface area contributed by atoms with Crippen LogP contribution in [0.3, 0.4) is 0 Å². The van der Waals surface area contributed by atoms with Gasteiger partial charge in [-0.2, -0.15) is 0 Å². The molecule has 0 spiro atoms. The van der Waals surface area contributed by atoms with Crippen molar-refractivity contribution < 1.29 is 28.9 Å². The number of hydrogen-bond acceptors (Lipinski definition) is 6. The zero-order valence-electron chi connectivity index (χ0n) is 22.4. The number of amides is 1. The number of aliphatic carboxylic acids is 1. The van der Waals surface area contributed by atoms with Crippen molar-refractivity contribution in [1.82, 2.24) is 4.90 Å². The van der Waals surface area contributed by atoms with Gasteiger partial charge in [-0.05, 0) is 60.9 Å². The number of carboxylic acids is 1. The maximum atomic E-state index is 13.9. The van der Waals surface area contributed by atoms with Gasteiger partial charge in [0.25, 0.3) is 0 Å². The summed E-state index contributed by atoms with van der Waals surface area (Å²) in [5, 5.41) is 10.5. The number of ether oxygens (including phenoxy) is 3. The summed E-state index contributed by atoms with van der Waals surface area (Å²) in [4.78, 5) is 30.6. The van der Waals surface area contributed by atoms with E-state index in [-0.39, 0.29) is 31.2 Å². The molecule has 1 N–H and O–H groups in total. The Morgan fingerprint density at radius 1 is 1.03 bits per heavy atom. The van der Waals surface area contributed by atoms with Crippen LogP contribution in [-0.2, 0) is 9.59 Å². The van der Waals surface area contributed by atoms with Gasteiger partial charge in [0.1, 0.15) is 5.75 Å². The highest BCUT2D eigenvalue weighted by atomic mass is 16.7. The summed E-state index contributed by atoms with van der Waals surface area (Å²) < 4.78 is 16.4. The molecule has 1 fully saturated rings. The van der Waals surface area contributed by atoms with Crippen LogP contribution < -0.4 is 19.1 Å². The molecule has 1 unspecified atom stereocenters. The summed E-state index contributed by atoms with van der Waals surface area (Å²) >= 11 is 0. The van der Waals surface area contributed by atoms with Gasteiger partial charge in [0, 0.05) is 30.2 Å². The van der Waals surface area contributed by atoms with Crippen LogP contribution in [0.4, 0.5) is 5.69 Å². The minimum absolute atomic E-state index is 0.0122. The normalized spacial score (nSPS) is 20.9. The first-order valence-corrected chi connectivity index (χ1v) is 13.3. The molecule has 2 aliphatic heterocycles. The minimum atomic E-state index is -0.907. The van der Waals surface area contributed by atoms with Crippen molar-refractivity contribution in [1.29, 1.82) is 0 Å². The average molecular weight is 531 g/mol. The third kappa shape index (κ3) is 5.29. The quantitative estimate of drug-likeness (QED) is 0.412. The van der Waals surface area contributed by atoms with E-state index >= 15 is 0 Å². The molecule has 2 heterocycles. The van der Waals surface area contributed by atoms with Crippen LogP contribution in [0, 0.1) is 5.92 Å². The molecule has 0 aliphatic carbocycles. The zero-order valence-corrected chi connectivity index (χ0v) is 22.4. The predicted molar refractivity (Wildman–Crippen MR) is 147 cm³/mol. The fourth-order valence-corrected chi connectivity index (χ4v) is 5.74. The fourth-order valence-electron chi connectivity index (χ4n) is 5.74. The monoisotopic (exact) mass is 530 g/mol. The third-order valence-electron chi connectivity index (χ3n) is 7.84. The lowest BCUT2D eigenvalue weighted by molar-refractivity contribution is -0.143. The van der Waals surface area contributed by atoms with Gasteiger partial charge < -0.3 is 24.2 Å². The summed E-state index contributed by atoms with van der Waals surface area (Å²) in [5.74, 6) is -0.162. The fraction of sp³-hybridized carbons (Fsp3) is 0.355. The maximum absolute atomic E-state index is 13.9. The Balaban J connectivity index is 1.52. The molecule has 1 saturated heterocycles. The number of hydrogen-bond donors (Lipinski definition) is 1. The molecule has 1 amide bonds. The molecular formula is C31H34N2O6. The van der Waals surface area contributed by atoms with Crippen LogP contribution in [0.1, 0.15) is 43.4 Å². The van der Waals surface area contributed by atoms with E-state index in [2.05, 4.69) is 6.92 Å². The first-order chi connectivity index (χ1) is 18.9. The van der Waals surface area contributed by atoms with Crippen molar-refractivity contribution in [2.75, 3.05) is 31.9 Å². The lowest BCUT2D eigenvalue weighted by Crippen LogP contribution is -2.45. The van der Waals surface area contributed by atoms with Gasteiger partial charge in [-0.3, -0.25) is 14.5 Å². The number of benzene rings is 3. The van der Waals surface area contributed by atoms with Gasteiger partial charge in [0.15, 0.2) is 11.5 Å². The molecule has 4 atom stereocenters. The van der Waals surface area contributed by atoms with E-state index in [4.69, 9.17) is 14.2 Å². The van der Waals surface area contributed by atoms with Gasteiger partial charge >= 0.3 is 5.97 Å². The van der Waals surface area contributed by atoms with Crippen molar-refractivity contribution in [3.63, 3.8) is 0 Å². The van der Waals surface area contributed by atoms with E-state index < -0.39 is 17.9 Å². The first-order valence-electron chi connectivity index (χ1n) is 13.3. The van der Waals surface area contributed by atoms with Crippen molar-refractivity contribution in [3.05, 3.63) is 83.9 Å². The smallest absolute Gasteiger partial charge is 0.309 e. The second kappa shape index (κ2) is 11.4. The Labute approximate surface area is 228 Å². The Morgan fingerprint density at radius 3 is 2.38 bits per heavy atom. The van der Waals surface area contributed by atoms with E-state index in [0.717, 1.165) is 23.2 Å². The van der Waals surface area contributed by atoms with Crippen LogP contribution in [-0.4, -0.2) is 54.9 Å². The zero-order chi connectivity index (χ0) is 27.5. The highest BCUT2D eigenvalue weighted by molar-refractivity contribution is 5.95. The summed E-state index contributed by atoms with van der Waals surface area (Å²) in [6, 6.07) is 22.2. The number of nitrogens with zero attached hydrogens (tertiary/aromatic N) is 2. The number of likely N-dealkylation sites (tertiary alicyclic amines) is 1. The molecule has 5 rings (SSSR count). The largest absolute Gasteiger partial charge is 0.497 e. The third-order valence-corrected chi connectivity index (χ3v) is 7.84. The molecule has 0 saturated carbocycles. The van der Waals surface area contributed by atoms with Crippen molar-refractivity contribution in [3.8, 4) is 17.2 Å². The van der Waals surface area contributed by atoms with E-state index in [9.17, 15) is 14.7 Å². The maximum Gasteiger partial charge on any atom is 0.309 e. The van der Waals surface area contributed by atoms with Crippen LogP contribution in [0.15, 0.2) is 72.8 Å². The van der Waals surface area contributed by atoms with Crippen molar-refractivity contribution in [2.24, 2.45) is 5.92 Å². The molecule has 0 aromatic heterocycles. The Bertz CT molecular complexity index is 1310. The Kier molecular flexibility index (Phi) is 7.74. The molecule has 8 heteroatoms. The number of fused-ring (bicyclic) bond motifs is 1. The number of carbonyl (C=O) groups is 2. The van der Waals surface area contributed by atoms with E-state index in [1.807, 2.05) is 89.5 Å². The minimum Gasteiger partial charge on any atom is -0.497 e. The molecule has 8 nitrogen and oxygen atoms in total. The molecule has 2 aliphatic rings. The Hall–Kier alpha value is -4.04. The number of methoxy groups -OCH3 is 1. The Morgan fingerprint density at radius 2 is 1.72 bits per heavy atom. The van der Waals surface area contributed by atoms with Gasteiger partial charge in [0.05, 0.1) is 19.6 Å². The van der Waals surface area contributed by atoms with E-state index in [1.54, 1.807) is 7.11 Å². The highest BCUT2D eigenvalue weighted by Gasteiger charge is 2.48.